The van der Waals surface area contributed by atoms with Gasteiger partial charge in [0.1, 0.15) is 6.04 Å². The van der Waals surface area contributed by atoms with Crippen LogP contribution in [0.2, 0.25) is 0 Å². The molecule has 0 spiro atoms. The number of hydrogen-bond acceptors (Lipinski definition) is 3. The molecule has 0 aromatic carbocycles. The molecule has 1 saturated heterocycles. The van der Waals surface area contributed by atoms with Crippen molar-refractivity contribution in [2.75, 3.05) is 20.1 Å². The Morgan fingerprint density at radius 3 is 2.71 bits per heavy atom. The first kappa shape index (κ1) is 13.3. The van der Waals surface area contributed by atoms with Crippen LogP contribution in [-0.4, -0.2) is 54.1 Å². The van der Waals surface area contributed by atoms with Crippen molar-refractivity contribution in [1.29, 1.82) is 0 Å². The van der Waals surface area contributed by atoms with Crippen LogP contribution in [0.3, 0.4) is 0 Å². The summed E-state index contributed by atoms with van der Waals surface area (Å²) in [5, 5.41) is 13.9. The van der Waals surface area contributed by atoms with E-state index in [1.165, 1.54) is 11.9 Å². The molecule has 1 heterocycles. The highest BCUT2D eigenvalue weighted by Gasteiger charge is 2.33. The predicted molar refractivity (Wildman–Crippen MR) is 59.4 cm³/mol. The van der Waals surface area contributed by atoms with E-state index in [9.17, 15) is 14.4 Å². The highest BCUT2D eigenvalue weighted by Crippen LogP contribution is 2.17. The molecule has 3 amide bonds. The fourth-order valence-corrected chi connectivity index (χ4v) is 1.78. The number of nitrogens with zero attached hydrogens (tertiary/aromatic N) is 1. The first-order valence-electron chi connectivity index (χ1n) is 5.54. The number of rotatable bonds is 4. The third kappa shape index (κ3) is 3.61. The third-order valence-electron chi connectivity index (χ3n) is 2.71. The molecule has 7 heteroatoms. The van der Waals surface area contributed by atoms with Gasteiger partial charge >= 0.3 is 12.0 Å². The molecule has 0 bridgehead atoms. The SMILES string of the molecule is CNC(=O)CCNC(=O)N1CCC[C@H]1C(=O)O. The summed E-state index contributed by atoms with van der Waals surface area (Å²) in [5.74, 6) is -1.15. The Morgan fingerprint density at radius 1 is 1.41 bits per heavy atom. The summed E-state index contributed by atoms with van der Waals surface area (Å²) < 4.78 is 0. The average molecular weight is 243 g/mol. The first-order chi connectivity index (χ1) is 8.06. The van der Waals surface area contributed by atoms with Crippen molar-refractivity contribution in [2.24, 2.45) is 0 Å². The second-order valence-corrected chi connectivity index (χ2v) is 3.84. The minimum atomic E-state index is -0.982. The topological polar surface area (TPSA) is 98.7 Å². The summed E-state index contributed by atoms with van der Waals surface area (Å²) in [6.45, 7) is 0.657. The normalized spacial score (nSPS) is 18.9. The van der Waals surface area contributed by atoms with Gasteiger partial charge in [0.15, 0.2) is 0 Å². The van der Waals surface area contributed by atoms with Crippen LogP contribution >= 0.6 is 0 Å². The molecule has 0 radical (unpaired) electrons. The van der Waals surface area contributed by atoms with Crippen molar-refractivity contribution in [3.05, 3.63) is 0 Å². The number of urea groups is 1. The van der Waals surface area contributed by atoms with Gasteiger partial charge in [-0.15, -0.1) is 0 Å². The Balaban J connectivity index is 2.37. The fourth-order valence-electron chi connectivity index (χ4n) is 1.78. The van der Waals surface area contributed by atoms with E-state index in [0.717, 1.165) is 0 Å². The number of likely N-dealkylation sites (tertiary alicyclic amines) is 1. The quantitative estimate of drug-likeness (QED) is 0.613. The van der Waals surface area contributed by atoms with Gasteiger partial charge < -0.3 is 20.6 Å². The van der Waals surface area contributed by atoms with Crippen LogP contribution in [0.25, 0.3) is 0 Å². The van der Waals surface area contributed by atoms with E-state index in [-0.39, 0.29) is 18.9 Å². The van der Waals surface area contributed by atoms with Crippen LogP contribution < -0.4 is 10.6 Å². The number of carbonyl (C=O) groups excluding carboxylic acids is 2. The number of aliphatic carboxylic acids is 1. The predicted octanol–water partition coefficient (Wildman–Crippen LogP) is -0.619. The summed E-state index contributed by atoms with van der Waals surface area (Å²) in [7, 11) is 1.52. The zero-order valence-electron chi connectivity index (χ0n) is 9.73. The second kappa shape index (κ2) is 6.07. The lowest BCUT2D eigenvalue weighted by Crippen LogP contribution is -2.46. The Morgan fingerprint density at radius 2 is 2.12 bits per heavy atom. The number of hydrogen-bond donors (Lipinski definition) is 3. The van der Waals surface area contributed by atoms with Gasteiger partial charge in [-0.05, 0) is 12.8 Å². The van der Waals surface area contributed by atoms with Gasteiger partial charge in [-0.3, -0.25) is 4.79 Å². The Bertz CT molecular complexity index is 319. The molecule has 7 nitrogen and oxygen atoms in total. The second-order valence-electron chi connectivity index (χ2n) is 3.84. The molecule has 3 N–H and O–H groups in total. The molecule has 1 aliphatic heterocycles. The maximum Gasteiger partial charge on any atom is 0.326 e. The van der Waals surface area contributed by atoms with Crippen molar-refractivity contribution in [3.63, 3.8) is 0 Å². The summed E-state index contributed by atoms with van der Waals surface area (Å²) in [5.41, 5.74) is 0. The average Bonchev–Trinajstić information content (AvgIpc) is 2.77. The van der Waals surface area contributed by atoms with Crippen LogP contribution in [0, 0.1) is 0 Å². The lowest BCUT2D eigenvalue weighted by molar-refractivity contribution is -0.141. The Kier molecular flexibility index (Phi) is 4.74. The van der Waals surface area contributed by atoms with Gasteiger partial charge in [-0.2, -0.15) is 0 Å². The molecule has 0 saturated carbocycles. The van der Waals surface area contributed by atoms with Crippen molar-refractivity contribution in [1.82, 2.24) is 15.5 Å². The van der Waals surface area contributed by atoms with Crippen LogP contribution in [0.5, 0.6) is 0 Å². The third-order valence-corrected chi connectivity index (χ3v) is 2.71. The fraction of sp³-hybridized carbons (Fsp3) is 0.700. The zero-order chi connectivity index (χ0) is 12.8. The maximum atomic E-state index is 11.6. The molecule has 0 aromatic heterocycles. The highest BCUT2D eigenvalue weighted by molar-refractivity contribution is 5.83. The molecule has 0 aromatic rings. The number of carboxylic acids is 1. The van der Waals surface area contributed by atoms with Crippen molar-refractivity contribution >= 4 is 17.9 Å². The van der Waals surface area contributed by atoms with E-state index >= 15 is 0 Å². The van der Waals surface area contributed by atoms with Gasteiger partial charge in [0.2, 0.25) is 5.91 Å². The molecular weight excluding hydrogens is 226 g/mol. The summed E-state index contributed by atoms with van der Waals surface area (Å²) in [4.78, 5) is 34.7. The van der Waals surface area contributed by atoms with E-state index in [1.54, 1.807) is 0 Å². The lowest BCUT2D eigenvalue weighted by atomic mass is 10.2. The molecular formula is C10H17N3O4. The first-order valence-corrected chi connectivity index (χ1v) is 5.54. The van der Waals surface area contributed by atoms with Gasteiger partial charge in [0.25, 0.3) is 0 Å². The standard InChI is InChI=1S/C10H17N3O4/c1-11-8(14)4-5-12-10(17)13-6-2-3-7(13)9(15)16/h7H,2-6H2,1H3,(H,11,14)(H,12,17)(H,15,16)/t7-/m0/s1. The monoisotopic (exact) mass is 243 g/mol. The highest BCUT2D eigenvalue weighted by atomic mass is 16.4. The number of amides is 3. The van der Waals surface area contributed by atoms with Gasteiger partial charge in [-0.1, -0.05) is 0 Å². The Labute approximate surface area is 99.2 Å². The molecule has 1 atom stereocenters. The molecule has 0 aliphatic carbocycles. The van der Waals surface area contributed by atoms with Gasteiger partial charge in [0, 0.05) is 26.6 Å². The summed E-state index contributed by atoms with van der Waals surface area (Å²) in [6, 6.07) is -1.16. The number of nitrogens with one attached hydrogen (secondary N) is 2. The van der Waals surface area contributed by atoms with Crippen molar-refractivity contribution in [2.45, 2.75) is 25.3 Å². The zero-order valence-corrected chi connectivity index (χ0v) is 9.73. The van der Waals surface area contributed by atoms with Crippen molar-refractivity contribution < 1.29 is 19.5 Å². The van der Waals surface area contributed by atoms with Crippen LogP contribution in [0.1, 0.15) is 19.3 Å². The molecule has 1 rings (SSSR count). The van der Waals surface area contributed by atoms with E-state index in [2.05, 4.69) is 10.6 Å². The van der Waals surface area contributed by atoms with Crippen LogP contribution in [0.4, 0.5) is 4.79 Å². The van der Waals surface area contributed by atoms with E-state index in [4.69, 9.17) is 5.11 Å². The minimum absolute atomic E-state index is 0.165. The molecule has 0 unspecified atom stereocenters. The van der Waals surface area contributed by atoms with Crippen LogP contribution in [-0.2, 0) is 9.59 Å². The molecule has 96 valence electrons. The minimum Gasteiger partial charge on any atom is -0.480 e. The van der Waals surface area contributed by atoms with E-state index in [0.29, 0.717) is 19.4 Å². The lowest BCUT2D eigenvalue weighted by Gasteiger charge is -2.21. The number of carboxylic acid groups (broad SMARTS) is 1. The van der Waals surface area contributed by atoms with E-state index in [1.807, 2.05) is 0 Å². The maximum absolute atomic E-state index is 11.6. The summed E-state index contributed by atoms with van der Waals surface area (Å²) in [6.07, 6.45) is 1.37. The Hall–Kier alpha value is -1.79. The van der Waals surface area contributed by atoms with Crippen LogP contribution in [0.15, 0.2) is 0 Å². The van der Waals surface area contributed by atoms with Crippen molar-refractivity contribution in [3.8, 4) is 0 Å². The molecule has 17 heavy (non-hydrogen) atoms. The number of carbonyl (C=O) groups is 3. The van der Waals surface area contributed by atoms with E-state index < -0.39 is 18.0 Å². The van der Waals surface area contributed by atoms with Gasteiger partial charge in [-0.25, -0.2) is 9.59 Å². The smallest absolute Gasteiger partial charge is 0.326 e. The van der Waals surface area contributed by atoms with Gasteiger partial charge in [0.05, 0.1) is 0 Å². The largest absolute Gasteiger partial charge is 0.480 e. The summed E-state index contributed by atoms with van der Waals surface area (Å²) >= 11 is 0. The molecule has 1 aliphatic rings. The molecule has 1 fully saturated rings.